The number of pyridine rings is 1. The second kappa shape index (κ2) is 8.48. The molecule has 0 saturated heterocycles. The Balaban J connectivity index is 2.31. The van der Waals surface area contributed by atoms with E-state index in [1.54, 1.807) is 6.20 Å². The Morgan fingerprint density at radius 1 is 1.29 bits per heavy atom. The number of rotatable bonds is 8. The van der Waals surface area contributed by atoms with E-state index in [9.17, 15) is 0 Å². The summed E-state index contributed by atoms with van der Waals surface area (Å²) in [7, 11) is 0. The van der Waals surface area contributed by atoms with Crippen molar-refractivity contribution < 1.29 is 4.74 Å². The maximum atomic E-state index is 5.65. The average molecular weight is 301 g/mol. The molecule has 2 N–H and O–H groups in total. The minimum absolute atomic E-state index is 0.456. The molecule has 0 bridgehead atoms. The van der Waals surface area contributed by atoms with Crippen molar-refractivity contribution in [2.45, 2.75) is 45.6 Å². The molecule has 0 unspecified atom stereocenters. The van der Waals surface area contributed by atoms with Gasteiger partial charge in [0.15, 0.2) is 0 Å². The zero-order chi connectivity index (χ0) is 12.5. The molecule has 1 aromatic heterocycles. The summed E-state index contributed by atoms with van der Waals surface area (Å²) in [6, 6.07) is 1.96. The van der Waals surface area contributed by atoms with Crippen LogP contribution in [-0.4, -0.2) is 11.6 Å². The number of nitrogens with two attached hydrogens (primary N) is 1. The summed E-state index contributed by atoms with van der Waals surface area (Å²) in [4.78, 5) is 4.23. The molecule has 1 heterocycles. The molecule has 0 saturated carbocycles. The Morgan fingerprint density at radius 3 is 2.76 bits per heavy atom. The predicted octanol–water partition coefficient (Wildman–Crippen LogP) is 3.65. The quantitative estimate of drug-likeness (QED) is 0.746. The third-order valence-corrected chi connectivity index (χ3v) is 3.03. The summed E-state index contributed by atoms with van der Waals surface area (Å²) in [5, 5.41) is 0. The number of hydrogen-bond donors (Lipinski definition) is 1. The maximum Gasteiger partial charge on any atom is 0.217 e. The first-order valence-electron chi connectivity index (χ1n) is 6.25. The highest BCUT2D eigenvalue weighted by atomic mass is 79.9. The van der Waals surface area contributed by atoms with Gasteiger partial charge in [0.25, 0.3) is 0 Å². The van der Waals surface area contributed by atoms with Gasteiger partial charge >= 0.3 is 0 Å². The number of unbranched alkanes of at least 4 members (excludes halogenated alkanes) is 4. The third-order valence-electron chi connectivity index (χ3n) is 2.60. The fourth-order valence-electron chi connectivity index (χ4n) is 1.62. The average Bonchev–Trinajstić information content (AvgIpc) is 2.35. The second-order valence-corrected chi connectivity index (χ2v) is 5.00. The minimum atomic E-state index is 0.456. The van der Waals surface area contributed by atoms with Crippen LogP contribution in [-0.2, 0) is 6.54 Å². The van der Waals surface area contributed by atoms with Crippen molar-refractivity contribution in [1.82, 2.24) is 4.98 Å². The molecule has 0 atom stereocenters. The number of aromatic nitrogens is 1. The van der Waals surface area contributed by atoms with Crippen molar-refractivity contribution in [3.05, 3.63) is 22.3 Å². The van der Waals surface area contributed by atoms with Crippen molar-refractivity contribution in [1.29, 1.82) is 0 Å². The molecule has 0 spiro atoms. The molecule has 0 aromatic carbocycles. The molecule has 1 rings (SSSR count). The summed E-state index contributed by atoms with van der Waals surface area (Å²) < 4.78 is 6.59. The van der Waals surface area contributed by atoms with Crippen LogP contribution in [0.3, 0.4) is 0 Å². The van der Waals surface area contributed by atoms with Gasteiger partial charge in [-0.1, -0.05) is 32.6 Å². The number of ether oxygens (including phenoxy) is 1. The fourth-order valence-corrected chi connectivity index (χ4v) is 2.00. The van der Waals surface area contributed by atoms with Gasteiger partial charge in [-0.15, -0.1) is 0 Å². The van der Waals surface area contributed by atoms with Crippen molar-refractivity contribution >= 4 is 15.9 Å². The molecular formula is C13H21BrN2O. The Labute approximate surface area is 112 Å². The van der Waals surface area contributed by atoms with Gasteiger partial charge in [-0.25, -0.2) is 4.98 Å². The Morgan fingerprint density at radius 2 is 2.06 bits per heavy atom. The van der Waals surface area contributed by atoms with Gasteiger partial charge < -0.3 is 10.5 Å². The molecule has 0 aliphatic heterocycles. The summed E-state index contributed by atoms with van der Waals surface area (Å²) >= 11 is 3.37. The molecule has 3 nitrogen and oxygen atoms in total. The van der Waals surface area contributed by atoms with Crippen LogP contribution in [0.5, 0.6) is 5.88 Å². The van der Waals surface area contributed by atoms with Gasteiger partial charge in [-0.05, 0) is 28.4 Å². The number of halogens is 1. The monoisotopic (exact) mass is 300 g/mol. The molecule has 0 fully saturated rings. The van der Waals surface area contributed by atoms with Crippen LogP contribution >= 0.6 is 15.9 Å². The van der Waals surface area contributed by atoms with Gasteiger partial charge in [0, 0.05) is 22.8 Å². The van der Waals surface area contributed by atoms with Crippen molar-refractivity contribution in [3.8, 4) is 5.88 Å². The van der Waals surface area contributed by atoms with Crippen LogP contribution in [0.25, 0.3) is 0 Å². The Bertz CT molecular complexity index is 331. The predicted molar refractivity (Wildman–Crippen MR) is 74.1 cm³/mol. The van der Waals surface area contributed by atoms with E-state index in [2.05, 4.69) is 27.8 Å². The molecule has 96 valence electrons. The summed E-state index contributed by atoms with van der Waals surface area (Å²) in [5.41, 5.74) is 6.60. The van der Waals surface area contributed by atoms with E-state index in [1.165, 1.54) is 25.7 Å². The Hall–Kier alpha value is -0.610. The molecular weight excluding hydrogens is 280 g/mol. The van der Waals surface area contributed by atoms with Gasteiger partial charge in [0.2, 0.25) is 5.88 Å². The molecule has 0 aliphatic rings. The van der Waals surface area contributed by atoms with E-state index in [0.717, 1.165) is 23.1 Å². The lowest BCUT2D eigenvalue weighted by molar-refractivity contribution is 0.290. The van der Waals surface area contributed by atoms with Crippen LogP contribution in [0.4, 0.5) is 0 Å². The van der Waals surface area contributed by atoms with Crippen LogP contribution < -0.4 is 10.5 Å². The fraction of sp³-hybridized carbons (Fsp3) is 0.615. The second-order valence-electron chi connectivity index (χ2n) is 4.08. The van der Waals surface area contributed by atoms with E-state index in [1.807, 2.05) is 6.07 Å². The van der Waals surface area contributed by atoms with E-state index in [-0.39, 0.29) is 0 Å². The maximum absolute atomic E-state index is 5.65. The lowest BCUT2D eigenvalue weighted by Gasteiger charge is -2.09. The smallest absolute Gasteiger partial charge is 0.217 e. The zero-order valence-electron chi connectivity index (χ0n) is 10.4. The van der Waals surface area contributed by atoms with Crippen LogP contribution in [0.15, 0.2) is 16.7 Å². The molecule has 0 radical (unpaired) electrons. The number of nitrogens with zero attached hydrogens (tertiary/aromatic N) is 1. The zero-order valence-corrected chi connectivity index (χ0v) is 12.0. The topological polar surface area (TPSA) is 48.1 Å². The first-order chi connectivity index (χ1) is 8.27. The highest BCUT2D eigenvalue weighted by Crippen LogP contribution is 2.19. The third kappa shape index (κ3) is 5.50. The van der Waals surface area contributed by atoms with E-state index in [4.69, 9.17) is 10.5 Å². The van der Waals surface area contributed by atoms with Crippen LogP contribution in [0.2, 0.25) is 0 Å². The largest absolute Gasteiger partial charge is 0.477 e. The lowest BCUT2D eigenvalue weighted by atomic mass is 10.2. The molecule has 17 heavy (non-hydrogen) atoms. The lowest BCUT2D eigenvalue weighted by Crippen LogP contribution is -2.05. The van der Waals surface area contributed by atoms with E-state index in [0.29, 0.717) is 12.4 Å². The van der Waals surface area contributed by atoms with Crippen molar-refractivity contribution in [2.24, 2.45) is 5.73 Å². The summed E-state index contributed by atoms with van der Waals surface area (Å²) in [6.07, 6.45) is 7.92. The van der Waals surface area contributed by atoms with Gasteiger partial charge in [-0.2, -0.15) is 0 Å². The van der Waals surface area contributed by atoms with Crippen molar-refractivity contribution in [3.63, 3.8) is 0 Å². The highest BCUT2D eigenvalue weighted by molar-refractivity contribution is 9.10. The van der Waals surface area contributed by atoms with Gasteiger partial charge in [0.1, 0.15) is 0 Å². The standard InChI is InChI=1S/C13H21BrN2O/c1-2-3-4-5-6-7-17-13-11(9-15)8-12(14)10-16-13/h8,10H,2-7,9,15H2,1H3. The Kier molecular flexibility index (Phi) is 7.21. The molecule has 0 amide bonds. The van der Waals surface area contributed by atoms with Crippen LogP contribution in [0.1, 0.15) is 44.6 Å². The normalized spacial score (nSPS) is 10.5. The summed E-state index contributed by atoms with van der Waals surface area (Å²) in [5.74, 6) is 0.672. The highest BCUT2D eigenvalue weighted by Gasteiger charge is 2.04. The molecule has 4 heteroatoms. The SMILES string of the molecule is CCCCCCCOc1ncc(Br)cc1CN. The van der Waals surface area contributed by atoms with E-state index >= 15 is 0 Å². The number of hydrogen-bond acceptors (Lipinski definition) is 3. The summed E-state index contributed by atoms with van der Waals surface area (Å²) in [6.45, 7) is 3.40. The van der Waals surface area contributed by atoms with Crippen LogP contribution in [0, 0.1) is 0 Å². The first-order valence-corrected chi connectivity index (χ1v) is 7.04. The molecule has 1 aromatic rings. The van der Waals surface area contributed by atoms with Crippen molar-refractivity contribution in [2.75, 3.05) is 6.61 Å². The van der Waals surface area contributed by atoms with E-state index < -0.39 is 0 Å². The first kappa shape index (κ1) is 14.5. The minimum Gasteiger partial charge on any atom is -0.477 e. The van der Waals surface area contributed by atoms with Gasteiger partial charge in [0.05, 0.1) is 6.61 Å². The molecule has 0 aliphatic carbocycles. The van der Waals surface area contributed by atoms with Gasteiger partial charge in [-0.3, -0.25) is 0 Å².